The molecule has 1 saturated carbocycles. The third kappa shape index (κ3) is 5.20. The fourth-order valence-electron chi connectivity index (χ4n) is 4.07. The molecule has 3 atom stereocenters. The monoisotopic (exact) mass is 297 g/mol. The van der Waals surface area contributed by atoms with Gasteiger partial charge in [-0.25, -0.2) is 0 Å². The fraction of sp³-hybridized carbons (Fsp3) is 1.00. The molecule has 2 fully saturated rings. The minimum Gasteiger partial charge on any atom is -0.374 e. The van der Waals surface area contributed by atoms with Gasteiger partial charge in [0.05, 0.1) is 12.7 Å². The van der Waals surface area contributed by atoms with E-state index in [2.05, 4.69) is 30.7 Å². The Labute approximate surface area is 131 Å². The van der Waals surface area contributed by atoms with Crippen LogP contribution in [0, 0.1) is 11.8 Å². The van der Waals surface area contributed by atoms with Gasteiger partial charge in [-0.05, 0) is 38.3 Å². The number of rotatable bonds is 6. The first-order chi connectivity index (χ1) is 10.1. The first-order valence-electron chi connectivity index (χ1n) is 8.84. The standard InChI is InChI=1S/C17H35N3O/c1-14(2)11-20-8-9-21-16(13-20)12-19(3)17-7-5-4-6-15(17)10-18/h14-17H,4-13,18H2,1-3H3. The summed E-state index contributed by atoms with van der Waals surface area (Å²) in [6.07, 6.45) is 5.69. The average molecular weight is 297 g/mol. The molecule has 2 aliphatic rings. The van der Waals surface area contributed by atoms with Gasteiger partial charge in [0, 0.05) is 32.2 Å². The van der Waals surface area contributed by atoms with Gasteiger partial charge in [0.1, 0.15) is 0 Å². The summed E-state index contributed by atoms with van der Waals surface area (Å²) in [5.41, 5.74) is 5.98. The minimum absolute atomic E-state index is 0.364. The summed E-state index contributed by atoms with van der Waals surface area (Å²) < 4.78 is 6.01. The second-order valence-electron chi connectivity index (χ2n) is 7.43. The molecule has 1 saturated heterocycles. The summed E-state index contributed by atoms with van der Waals surface area (Å²) in [7, 11) is 2.27. The number of morpholine rings is 1. The summed E-state index contributed by atoms with van der Waals surface area (Å²) in [4.78, 5) is 5.09. The van der Waals surface area contributed by atoms with Crippen LogP contribution in [0.5, 0.6) is 0 Å². The highest BCUT2D eigenvalue weighted by molar-refractivity contribution is 4.85. The third-order valence-electron chi connectivity index (χ3n) is 5.08. The Hall–Kier alpha value is -0.160. The van der Waals surface area contributed by atoms with Crippen molar-refractivity contribution in [3.8, 4) is 0 Å². The predicted octanol–water partition coefficient (Wildman–Crippen LogP) is 1.79. The van der Waals surface area contributed by atoms with E-state index in [-0.39, 0.29) is 0 Å². The van der Waals surface area contributed by atoms with E-state index in [1.54, 1.807) is 0 Å². The van der Waals surface area contributed by atoms with Crippen molar-refractivity contribution in [3.63, 3.8) is 0 Å². The molecule has 0 spiro atoms. The van der Waals surface area contributed by atoms with E-state index in [0.29, 0.717) is 18.1 Å². The molecule has 3 unspecified atom stereocenters. The lowest BCUT2D eigenvalue weighted by atomic mass is 9.83. The van der Waals surface area contributed by atoms with E-state index in [9.17, 15) is 0 Å². The van der Waals surface area contributed by atoms with Crippen LogP contribution >= 0.6 is 0 Å². The van der Waals surface area contributed by atoms with Crippen LogP contribution in [-0.2, 0) is 4.74 Å². The number of hydrogen-bond acceptors (Lipinski definition) is 4. The smallest absolute Gasteiger partial charge is 0.0829 e. The van der Waals surface area contributed by atoms with Crippen molar-refractivity contribution >= 4 is 0 Å². The van der Waals surface area contributed by atoms with Crippen LogP contribution < -0.4 is 5.73 Å². The van der Waals surface area contributed by atoms with Crippen molar-refractivity contribution in [2.24, 2.45) is 17.6 Å². The van der Waals surface area contributed by atoms with E-state index >= 15 is 0 Å². The van der Waals surface area contributed by atoms with Gasteiger partial charge in [-0.15, -0.1) is 0 Å². The number of nitrogens with two attached hydrogens (primary N) is 1. The van der Waals surface area contributed by atoms with Crippen molar-refractivity contribution in [1.29, 1.82) is 0 Å². The first-order valence-corrected chi connectivity index (χ1v) is 8.84. The van der Waals surface area contributed by atoms with Crippen LogP contribution in [0.3, 0.4) is 0 Å². The fourth-order valence-corrected chi connectivity index (χ4v) is 4.07. The zero-order chi connectivity index (χ0) is 15.2. The topological polar surface area (TPSA) is 41.7 Å². The van der Waals surface area contributed by atoms with Gasteiger partial charge < -0.3 is 15.4 Å². The molecule has 2 rings (SSSR count). The van der Waals surface area contributed by atoms with Crippen molar-refractivity contribution < 1.29 is 4.74 Å². The van der Waals surface area contributed by atoms with Crippen LogP contribution in [0.15, 0.2) is 0 Å². The molecule has 0 radical (unpaired) electrons. The Bertz CT molecular complexity index is 298. The molecule has 0 aromatic rings. The molecule has 2 N–H and O–H groups in total. The van der Waals surface area contributed by atoms with Crippen LogP contribution in [0.2, 0.25) is 0 Å². The molecule has 0 bridgehead atoms. The Kier molecular flexibility index (Phi) is 6.93. The second kappa shape index (κ2) is 8.47. The molecule has 0 amide bonds. The molecule has 1 aliphatic heterocycles. The van der Waals surface area contributed by atoms with Crippen LogP contribution in [-0.4, -0.2) is 68.3 Å². The van der Waals surface area contributed by atoms with E-state index < -0.39 is 0 Å². The zero-order valence-corrected chi connectivity index (χ0v) is 14.3. The first kappa shape index (κ1) is 17.2. The minimum atomic E-state index is 0.364. The van der Waals surface area contributed by atoms with Crippen LogP contribution in [0.4, 0.5) is 0 Å². The van der Waals surface area contributed by atoms with Gasteiger partial charge in [0.2, 0.25) is 0 Å². The Balaban J connectivity index is 1.82. The number of nitrogens with zero attached hydrogens (tertiary/aromatic N) is 2. The summed E-state index contributed by atoms with van der Waals surface area (Å²) in [5, 5.41) is 0. The summed E-state index contributed by atoms with van der Waals surface area (Å²) >= 11 is 0. The largest absolute Gasteiger partial charge is 0.374 e. The molecule has 1 aliphatic carbocycles. The normalized spacial score (nSPS) is 32.0. The molecule has 1 heterocycles. The van der Waals surface area contributed by atoms with Crippen molar-refractivity contribution in [1.82, 2.24) is 9.80 Å². The molecular formula is C17H35N3O. The lowest BCUT2D eigenvalue weighted by Crippen LogP contribution is -2.51. The molecule has 0 aromatic heterocycles. The van der Waals surface area contributed by atoms with Crippen molar-refractivity contribution in [2.45, 2.75) is 51.7 Å². The maximum absolute atomic E-state index is 6.01. The number of hydrogen-bond donors (Lipinski definition) is 1. The van der Waals surface area contributed by atoms with E-state index in [1.165, 1.54) is 32.2 Å². The average Bonchev–Trinajstić information content (AvgIpc) is 2.46. The van der Waals surface area contributed by atoms with Crippen LogP contribution in [0.1, 0.15) is 39.5 Å². The Morgan fingerprint density at radius 1 is 1.29 bits per heavy atom. The van der Waals surface area contributed by atoms with E-state index in [4.69, 9.17) is 10.5 Å². The van der Waals surface area contributed by atoms with Crippen molar-refractivity contribution in [3.05, 3.63) is 0 Å². The maximum atomic E-state index is 6.01. The van der Waals surface area contributed by atoms with E-state index in [1.807, 2.05) is 0 Å². The van der Waals surface area contributed by atoms with Gasteiger partial charge in [-0.1, -0.05) is 26.7 Å². The molecule has 4 heteroatoms. The highest BCUT2D eigenvalue weighted by atomic mass is 16.5. The Morgan fingerprint density at radius 2 is 2.05 bits per heavy atom. The summed E-state index contributed by atoms with van der Waals surface area (Å²) in [6.45, 7) is 10.7. The second-order valence-corrected chi connectivity index (χ2v) is 7.43. The summed E-state index contributed by atoms with van der Waals surface area (Å²) in [5.74, 6) is 1.42. The lowest BCUT2D eigenvalue weighted by Gasteiger charge is -2.41. The molecule has 124 valence electrons. The lowest BCUT2D eigenvalue weighted by molar-refractivity contribution is -0.0522. The summed E-state index contributed by atoms with van der Waals surface area (Å²) in [6, 6.07) is 0.660. The quantitative estimate of drug-likeness (QED) is 0.811. The predicted molar refractivity (Wildman–Crippen MR) is 88.4 cm³/mol. The molecular weight excluding hydrogens is 262 g/mol. The van der Waals surface area contributed by atoms with Gasteiger partial charge >= 0.3 is 0 Å². The highest BCUT2D eigenvalue weighted by Gasteiger charge is 2.30. The van der Waals surface area contributed by atoms with Gasteiger partial charge in [0.15, 0.2) is 0 Å². The third-order valence-corrected chi connectivity index (χ3v) is 5.08. The van der Waals surface area contributed by atoms with Gasteiger partial charge in [-0.2, -0.15) is 0 Å². The van der Waals surface area contributed by atoms with Gasteiger partial charge in [-0.3, -0.25) is 4.90 Å². The van der Waals surface area contributed by atoms with Crippen LogP contribution in [0.25, 0.3) is 0 Å². The SMILES string of the molecule is CC(C)CN1CCOC(CN(C)C2CCCCC2CN)C1. The Morgan fingerprint density at radius 3 is 2.76 bits per heavy atom. The maximum Gasteiger partial charge on any atom is 0.0829 e. The molecule has 21 heavy (non-hydrogen) atoms. The van der Waals surface area contributed by atoms with E-state index in [0.717, 1.165) is 38.7 Å². The number of ether oxygens (including phenoxy) is 1. The molecule has 4 nitrogen and oxygen atoms in total. The van der Waals surface area contributed by atoms with Crippen molar-refractivity contribution in [2.75, 3.05) is 46.4 Å². The zero-order valence-electron chi connectivity index (χ0n) is 14.3. The van der Waals surface area contributed by atoms with Gasteiger partial charge in [0.25, 0.3) is 0 Å². The molecule has 0 aromatic carbocycles. The highest BCUT2D eigenvalue weighted by Crippen LogP contribution is 2.27. The number of likely N-dealkylation sites (N-methyl/N-ethyl adjacent to an activating group) is 1.